The molecule has 1 amide bonds. The highest BCUT2D eigenvalue weighted by molar-refractivity contribution is 7.89. The summed E-state index contributed by atoms with van der Waals surface area (Å²) in [6.07, 6.45) is 4.09. The van der Waals surface area contributed by atoms with E-state index in [-0.39, 0.29) is 23.4 Å². The summed E-state index contributed by atoms with van der Waals surface area (Å²) in [6, 6.07) is 13.9. The number of fused-ring (bicyclic) bond motifs is 1. The van der Waals surface area contributed by atoms with Crippen LogP contribution in [0.3, 0.4) is 0 Å². The molecule has 1 aliphatic heterocycles. The molecule has 1 aliphatic rings. The smallest absolute Gasteiger partial charge is 0.348 e. The third-order valence-corrected chi connectivity index (χ3v) is 7.66. The van der Waals surface area contributed by atoms with Gasteiger partial charge >= 0.3 is 5.69 Å². The van der Waals surface area contributed by atoms with Crippen molar-refractivity contribution in [2.45, 2.75) is 43.7 Å². The molecule has 1 fully saturated rings. The van der Waals surface area contributed by atoms with Gasteiger partial charge in [0.2, 0.25) is 15.9 Å². The van der Waals surface area contributed by atoms with E-state index in [2.05, 4.69) is 10.3 Å². The first-order valence-corrected chi connectivity index (χ1v) is 12.1. The first-order chi connectivity index (χ1) is 15.4. The van der Waals surface area contributed by atoms with Crippen molar-refractivity contribution in [1.82, 2.24) is 19.2 Å². The number of benzene rings is 2. The highest BCUT2D eigenvalue weighted by Gasteiger charge is 2.26. The van der Waals surface area contributed by atoms with Crippen LogP contribution in [0.1, 0.15) is 37.8 Å². The third-order valence-electron chi connectivity index (χ3n) is 5.77. The number of nitrogens with zero attached hydrogens (tertiary/aromatic N) is 3. The first-order valence-electron chi connectivity index (χ1n) is 10.7. The van der Waals surface area contributed by atoms with Crippen LogP contribution in [-0.4, -0.2) is 41.3 Å². The number of carbonyl (C=O) groups is 1. The van der Waals surface area contributed by atoms with Crippen LogP contribution >= 0.6 is 0 Å². The van der Waals surface area contributed by atoms with E-state index in [1.54, 1.807) is 6.07 Å². The number of carbonyl (C=O) groups excluding carboxylic acids is 1. The van der Waals surface area contributed by atoms with Crippen LogP contribution in [-0.2, 0) is 21.4 Å². The molecule has 32 heavy (non-hydrogen) atoms. The number of sulfonamides is 1. The van der Waals surface area contributed by atoms with Crippen LogP contribution in [0, 0.1) is 0 Å². The van der Waals surface area contributed by atoms with Gasteiger partial charge in [0.1, 0.15) is 6.54 Å². The normalized spacial score (nSPS) is 16.0. The summed E-state index contributed by atoms with van der Waals surface area (Å²) in [4.78, 5) is 29.0. The van der Waals surface area contributed by atoms with E-state index in [0.29, 0.717) is 24.0 Å². The van der Waals surface area contributed by atoms with Gasteiger partial charge in [-0.15, -0.1) is 0 Å². The summed E-state index contributed by atoms with van der Waals surface area (Å²) in [5, 5.41) is 3.38. The summed E-state index contributed by atoms with van der Waals surface area (Å²) in [6.45, 7) is 2.68. The maximum Gasteiger partial charge on any atom is 0.348 e. The zero-order valence-electron chi connectivity index (χ0n) is 17.9. The van der Waals surface area contributed by atoms with E-state index in [9.17, 15) is 18.0 Å². The molecule has 1 saturated heterocycles. The number of piperidine rings is 1. The SMILES string of the molecule is CC(NC(=O)Cn1c(=O)ncc2cc(S(=O)(=O)N3CCCCC3)ccc21)c1ccccc1. The molecule has 0 radical (unpaired) electrons. The Balaban J connectivity index is 1.59. The molecule has 1 unspecified atom stereocenters. The standard InChI is InChI=1S/C23H26N4O4S/c1-17(18-8-4-2-5-9-18)25-22(28)16-27-21-11-10-20(14-19(21)15-24-23(27)29)32(30,31)26-12-6-3-7-13-26/h2,4-5,8-11,14-15,17H,3,6-7,12-13,16H2,1H3,(H,25,28). The molecule has 9 heteroatoms. The monoisotopic (exact) mass is 454 g/mol. The zero-order valence-corrected chi connectivity index (χ0v) is 18.7. The Kier molecular flexibility index (Phi) is 6.38. The van der Waals surface area contributed by atoms with E-state index in [1.165, 1.54) is 27.2 Å². The lowest BCUT2D eigenvalue weighted by molar-refractivity contribution is -0.122. The average molecular weight is 455 g/mol. The first kappa shape index (κ1) is 22.2. The quantitative estimate of drug-likeness (QED) is 0.617. The van der Waals surface area contributed by atoms with E-state index >= 15 is 0 Å². The molecule has 0 spiro atoms. The van der Waals surface area contributed by atoms with Crippen molar-refractivity contribution >= 4 is 26.8 Å². The molecule has 1 aromatic heterocycles. The Morgan fingerprint density at radius 3 is 2.53 bits per heavy atom. The molecular formula is C23H26N4O4S. The maximum absolute atomic E-state index is 13.0. The van der Waals surface area contributed by atoms with Gasteiger partial charge in [0.15, 0.2) is 0 Å². The molecule has 0 bridgehead atoms. The molecule has 2 heterocycles. The zero-order chi connectivity index (χ0) is 22.7. The van der Waals surface area contributed by atoms with Crippen molar-refractivity contribution in [1.29, 1.82) is 0 Å². The number of amides is 1. The average Bonchev–Trinajstić information content (AvgIpc) is 2.81. The Labute approximate surface area is 186 Å². The fourth-order valence-corrected chi connectivity index (χ4v) is 5.56. The van der Waals surface area contributed by atoms with Gasteiger partial charge in [-0.2, -0.15) is 4.31 Å². The lowest BCUT2D eigenvalue weighted by atomic mass is 10.1. The van der Waals surface area contributed by atoms with Crippen molar-refractivity contribution in [3.05, 3.63) is 70.8 Å². The van der Waals surface area contributed by atoms with Crippen LogP contribution in [0.5, 0.6) is 0 Å². The third kappa shape index (κ3) is 4.58. The summed E-state index contributed by atoms with van der Waals surface area (Å²) < 4.78 is 28.7. The molecular weight excluding hydrogens is 428 g/mol. The fourth-order valence-electron chi connectivity index (χ4n) is 4.00. The highest BCUT2D eigenvalue weighted by atomic mass is 32.2. The highest BCUT2D eigenvalue weighted by Crippen LogP contribution is 2.23. The molecule has 0 saturated carbocycles. The van der Waals surface area contributed by atoms with Crippen molar-refractivity contribution in [3.63, 3.8) is 0 Å². The van der Waals surface area contributed by atoms with Crippen molar-refractivity contribution in [2.24, 2.45) is 0 Å². The second-order valence-electron chi connectivity index (χ2n) is 8.01. The van der Waals surface area contributed by atoms with Gasteiger partial charge in [-0.25, -0.2) is 18.2 Å². The minimum atomic E-state index is -3.61. The van der Waals surface area contributed by atoms with E-state index in [0.717, 1.165) is 24.8 Å². The maximum atomic E-state index is 13.0. The van der Waals surface area contributed by atoms with Crippen molar-refractivity contribution < 1.29 is 13.2 Å². The molecule has 3 aromatic rings. The molecule has 168 valence electrons. The van der Waals surface area contributed by atoms with Crippen LogP contribution in [0.4, 0.5) is 0 Å². The lowest BCUT2D eigenvalue weighted by Crippen LogP contribution is -2.36. The van der Waals surface area contributed by atoms with Gasteiger partial charge in [-0.05, 0) is 43.5 Å². The fraction of sp³-hybridized carbons (Fsp3) is 0.348. The lowest BCUT2D eigenvalue weighted by Gasteiger charge is -2.26. The Bertz CT molecular complexity index is 1280. The van der Waals surface area contributed by atoms with Gasteiger partial charge in [0.25, 0.3) is 0 Å². The number of hydrogen-bond donors (Lipinski definition) is 1. The molecule has 8 nitrogen and oxygen atoms in total. The summed E-state index contributed by atoms with van der Waals surface area (Å²) >= 11 is 0. The van der Waals surface area contributed by atoms with Gasteiger partial charge in [0.05, 0.1) is 16.5 Å². The number of hydrogen-bond acceptors (Lipinski definition) is 5. The molecule has 1 N–H and O–H groups in total. The van der Waals surface area contributed by atoms with Gasteiger partial charge < -0.3 is 5.32 Å². The van der Waals surface area contributed by atoms with Crippen molar-refractivity contribution in [3.8, 4) is 0 Å². The molecule has 0 aliphatic carbocycles. The largest absolute Gasteiger partial charge is 0.348 e. The Morgan fingerprint density at radius 2 is 1.81 bits per heavy atom. The van der Waals surface area contributed by atoms with E-state index in [4.69, 9.17) is 0 Å². The Hall–Kier alpha value is -3.04. The van der Waals surface area contributed by atoms with Gasteiger partial charge in [0, 0.05) is 24.7 Å². The predicted molar refractivity (Wildman–Crippen MR) is 122 cm³/mol. The predicted octanol–water partition coefficient (Wildman–Crippen LogP) is 2.45. The molecule has 2 aromatic carbocycles. The van der Waals surface area contributed by atoms with Crippen LogP contribution < -0.4 is 11.0 Å². The number of aromatic nitrogens is 2. The summed E-state index contributed by atoms with van der Waals surface area (Å²) in [5.41, 5.74) is 0.855. The van der Waals surface area contributed by atoms with E-state index in [1.807, 2.05) is 37.3 Å². The van der Waals surface area contributed by atoms with Crippen molar-refractivity contribution in [2.75, 3.05) is 13.1 Å². The second kappa shape index (κ2) is 9.22. The van der Waals surface area contributed by atoms with Crippen LogP contribution in [0.15, 0.2) is 64.4 Å². The van der Waals surface area contributed by atoms with Gasteiger partial charge in [-0.3, -0.25) is 9.36 Å². The second-order valence-corrected chi connectivity index (χ2v) is 9.95. The van der Waals surface area contributed by atoms with E-state index < -0.39 is 15.7 Å². The van der Waals surface area contributed by atoms with Crippen LogP contribution in [0.2, 0.25) is 0 Å². The Morgan fingerprint density at radius 1 is 1.09 bits per heavy atom. The minimum absolute atomic E-state index is 0.168. The van der Waals surface area contributed by atoms with Gasteiger partial charge in [-0.1, -0.05) is 36.8 Å². The molecule has 4 rings (SSSR count). The van der Waals surface area contributed by atoms with Crippen LogP contribution in [0.25, 0.3) is 10.9 Å². The summed E-state index contributed by atoms with van der Waals surface area (Å²) in [7, 11) is -3.61. The number of nitrogens with one attached hydrogen (secondary N) is 1. The summed E-state index contributed by atoms with van der Waals surface area (Å²) in [5.74, 6) is -0.331. The number of rotatable bonds is 6. The molecule has 1 atom stereocenters. The minimum Gasteiger partial charge on any atom is -0.348 e. The topological polar surface area (TPSA) is 101 Å².